The Bertz CT molecular complexity index is 482. The third kappa shape index (κ3) is 3.45. The highest BCUT2D eigenvalue weighted by atomic mass is 19.1. The van der Waals surface area contributed by atoms with Gasteiger partial charge in [-0.2, -0.15) is 5.26 Å². The number of nitrogens with zero attached hydrogens (tertiary/aromatic N) is 2. The van der Waals surface area contributed by atoms with E-state index in [0.29, 0.717) is 12.2 Å². The summed E-state index contributed by atoms with van der Waals surface area (Å²) in [7, 11) is 3.34. The molecule has 0 saturated heterocycles. The van der Waals surface area contributed by atoms with Gasteiger partial charge in [-0.25, -0.2) is 4.39 Å². The molecule has 1 atom stereocenters. The molecule has 0 aliphatic heterocycles. The van der Waals surface area contributed by atoms with Crippen LogP contribution in [-0.2, 0) is 4.79 Å². The Hall–Kier alpha value is -2.09. The van der Waals surface area contributed by atoms with E-state index in [0.717, 1.165) is 0 Å². The molecule has 0 bridgehead atoms. The minimum atomic E-state index is -0.455. The van der Waals surface area contributed by atoms with Crippen molar-refractivity contribution < 1.29 is 9.18 Å². The molecule has 1 N–H and O–H groups in total. The second kappa shape index (κ2) is 6.01. The van der Waals surface area contributed by atoms with Crippen LogP contribution in [-0.4, -0.2) is 26.5 Å². The molecule has 5 heteroatoms. The quantitative estimate of drug-likeness (QED) is 0.880. The van der Waals surface area contributed by atoms with Gasteiger partial charge in [0.05, 0.1) is 17.6 Å². The largest absolute Gasteiger partial charge is 0.374 e. The van der Waals surface area contributed by atoms with Crippen LogP contribution in [0, 0.1) is 23.1 Å². The topological polar surface area (TPSA) is 56.1 Å². The molecule has 1 amide bonds. The maximum Gasteiger partial charge on any atom is 0.224 e. The molecule has 96 valence electrons. The van der Waals surface area contributed by atoms with Gasteiger partial charge in [0.2, 0.25) is 5.91 Å². The summed E-state index contributed by atoms with van der Waals surface area (Å²) < 4.78 is 13.3. The number of hydrogen-bond acceptors (Lipinski definition) is 3. The summed E-state index contributed by atoms with van der Waals surface area (Å²) in [5.74, 6) is -0.740. The zero-order valence-electron chi connectivity index (χ0n) is 10.7. The fraction of sp³-hybridized carbons (Fsp3) is 0.385. The van der Waals surface area contributed by atoms with Crippen molar-refractivity contribution in [1.29, 1.82) is 5.26 Å². The van der Waals surface area contributed by atoms with Crippen LogP contribution in [0.3, 0.4) is 0 Å². The van der Waals surface area contributed by atoms with Crippen LogP contribution in [0.15, 0.2) is 18.2 Å². The Balaban J connectivity index is 2.84. The van der Waals surface area contributed by atoms with Crippen molar-refractivity contribution in [2.24, 2.45) is 5.92 Å². The fourth-order valence-corrected chi connectivity index (χ4v) is 1.70. The van der Waals surface area contributed by atoms with E-state index < -0.39 is 5.82 Å². The van der Waals surface area contributed by atoms with Gasteiger partial charge < -0.3 is 10.2 Å². The first-order valence-corrected chi connectivity index (χ1v) is 5.61. The highest BCUT2D eigenvalue weighted by Crippen LogP contribution is 2.18. The zero-order valence-corrected chi connectivity index (χ0v) is 10.7. The van der Waals surface area contributed by atoms with Gasteiger partial charge in [0.15, 0.2) is 0 Å². The number of halogens is 1. The van der Waals surface area contributed by atoms with Crippen molar-refractivity contribution in [2.45, 2.75) is 6.92 Å². The van der Waals surface area contributed by atoms with E-state index in [4.69, 9.17) is 5.26 Å². The van der Waals surface area contributed by atoms with Gasteiger partial charge in [-0.3, -0.25) is 4.79 Å². The third-order valence-corrected chi connectivity index (χ3v) is 2.69. The van der Waals surface area contributed by atoms with Gasteiger partial charge in [-0.05, 0) is 18.2 Å². The molecule has 18 heavy (non-hydrogen) atoms. The number of rotatable bonds is 4. The maximum atomic E-state index is 13.3. The lowest BCUT2D eigenvalue weighted by Crippen LogP contribution is -2.34. The van der Waals surface area contributed by atoms with Gasteiger partial charge in [0, 0.05) is 26.3 Å². The molecule has 0 heterocycles. The van der Waals surface area contributed by atoms with E-state index in [1.807, 2.05) is 6.07 Å². The van der Waals surface area contributed by atoms with Crippen LogP contribution in [0.2, 0.25) is 0 Å². The first-order valence-electron chi connectivity index (χ1n) is 5.61. The van der Waals surface area contributed by atoms with Crippen LogP contribution in [0.1, 0.15) is 12.5 Å². The molecule has 0 spiro atoms. The van der Waals surface area contributed by atoms with Crippen molar-refractivity contribution in [3.63, 3.8) is 0 Å². The summed E-state index contributed by atoms with van der Waals surface area (Å²) in [5.41, 5.74) is 0.853. The lowest BCUT2D eigenvalue weighted by atomic mass is 10.1. The summed E-state index contributed by atoms with van der Waals surface area (Å²) in [5, 5.41) is 11.3. The Morgan fingerprint density at radius 2 is 2.22 bits per heavy atom. The predicted molar refractivity (Wildman–Crippen MR) is 67.6 cm³/mol. The minimum Gasteiger partial charge on any atom is -0.374 e. The standard InChI is InChI=1S/C13H16FN3O/c1-9(13(18)16-2)8-17(3)12-5-10(7-15)4-11(14)6-12/h4-6,9H,8H2,1-3H3,(H,16,18). The number of carbonyl (C=O) groups excluding carboxylic acids is 1. The number of anilines is 1. The van der Waals surface area contributed by atoms with E-state index in [1.165, 1.54) is 12.1 Å². The van der Waals surface area contributed by atoms with E-state index in [-0.39, 0.29) is 17.4 Å². The number of hydrogen-bond donors (Lipinski definition) is 1. The Morgan fingerprint density at radius 3 is 2.78 bits per heavy atom. The molecule has 4 nitrogen and oxygen atoms in total. The van der Waals surface area contributed by atoms with Crippen LogP contribution >= 0.6 is 0 Å². The SMILES string of the molecule is CNC(=O)C(C)CN(C)c1cc(F)cc(C#N)c1. The van der Waals surface area contributed by atoms with Crippen molar-refractivity contribution in [1.82, 2.24) is 5.32 Å². The molecule has 0 aliphatic rings. The maximum absolute atomic E-state index is 13.3. The molecular weight excluding hydrogens is 233 g/mol. The van der Waals surface area contributed by atoms with Gasteiger partial charge in [0.1, 0.15) is 5.82 Å². The van der Waals surface area contributed by atoms with Gasteiger partial charge >= 0.3 is 0 Å². The average Bonchev–Trinajstić information content (AvgIpc) is 2.36. The van der Waals surface area contributed by atoms with Gasteiger partial charge in [-0.15, -0.1) is 0 Å². The van der Waals surface area contributed by atoms with Crippen molar-refractivity contribution >= 4 is 11.6 Å². The first-order chi connectivity index (χ1) is 8.47. The Morgan fingerprint density at radius 1 is 1.56 bits per heavy atom. The third-order valence-electron chi connectivity index (χ3n) is 2.69. The Kier molecular flexibility index (Phi) is 4.67. The van der Waals surface area contributed by atoms with Crippen LogP contribution < -0.4 is 10.2 Å². The smallest absolute Gasteiger partial charge is 0.224 e. The van der Waals surface area contributed by atoms with Crippen molar-refractivity contribution in [3.8, 4) is 6.07 Å². The lowest BCUT2D eigenvalue weighted by molar-refractivity contribution is -0.123. The van der Waals surface area contributed by atoms with Crippen molar-refractivity contribution in [3.05, 3.63) is 29.6 Å². The monoisotopic (exact) mass is 249 g/mol. The molecule has 1 unspecified atom stereocenters. The fourth-order valence-electron chi connectivity index (χ4n) is 1.70. The number of nitrogens with one attached hydrogen (secondary N) is 1. The van der Waals surface area contributed by atoms with E-state index in [1.54, 1.807) is 32.0 Å². The van der Waals surface area contributed by atoms with E-state index in [9.17, 15) is 9.18 Å². The van der Waals surface area contributed by atoms with Crippen LogP contribution in [0.4, 0.5) is 10.1 Å². The number of benzene rings is 1. The van der Waals surface area contributed by atoms with Gasteiger partial charge in [-0.1, -0.05) is 6.92 Å². The second-order valence-corrected chi connectivity index (χ2v) is 4.21. The highest BCUT2D eigenvalue weighted by molar-refractivity contribution is 5.78. The average molecular weight is 249 g/mol. The highest BCUT2D eigenvalue weighted by Gasteiger charge is 2.14. The summed E-state index contributed by atoms with van der Waals surface area (Å²) in [6, 6.07) is 6.03. The number of carbonyl (C=O) groups is 1. The molecule has 0 radical (unpaired) electrons. The number of amides is 1. The lowest BCUT2D eigenvalue weighted by Gasteiger charge is -2.22. The predicted octanol–water partition coefficient (Wildman–Crippen LogP) is 1.52. The second-order valence-electron chi connectivity index (χ2n) is 4.21. The molecule has 1 aromatic rings. The molecule has 0 aromatic heterocycles. The summed E-state index contributed by atoms with van der Waals surface area (Å²) >= 11 is 0. The molecule has 1 aromatic carbocycles. The first kappa shape index (κ1) is 14.0. The molecule has 0 saturated carbocycles. The molecule has 0 fully saturated rings. The van der Waals surface area contributed by atoms with E-state index in [2.05, 4.69) is 5.32 Å². The Labute approximate surface area is 106 Å². The van der Waals surface area contributed by atoms with Crippen LogP contribution in [0.25, 0.3) is 0 Å². The van der Waals surface area contributed by atoms with Gasteiger partial charge in [0.25, 0.3) is 0 Å². The summed E-state index contributed by atoms with van der Waals surface area (Å²) in [4.78, 5) is 13.2. The minimum absolute atomic E-state index is 0.0706. The number of nitriles is 1. The summed E-state index contributed by atoms with van der Waals surface area (Å²) in [6.07, 6.45) is 0. The molecule has 1 rings (SSSR count). The molecular formula is C13H16FN3O. The van der Waals surface area contributed by atoms with Crippen molar-refractivity contribution in [2.75, 3.05) is 25.5 Å². The zero-order chi connectivity index (χ0) is 13.7. The normalized spacial score (nSPS) is 11.5. The van der Waals surface area contributed by atoms with Crippen LogP contribution in [0.5, 0.6) is 0 Å². The molecule has 0 aliphatic carbocycles. The van der Waals surface area contributed by atoms with E-state index >= 15 is 0 Å². The summed E-state index contributed by atoms with van der Waals surface area (Å²) in [6.45, 7) is 2.24.